The molecule has 6 nitrogen and oxygen atoms in total. The van der Waals surface area contributed by atoms with Crippen molar-refractivity contribution in [3.05, 3.63) is 82.8 Å². The molecule has 29 heavy (non-hydrogen) atoms. The molecule has 0 saturated carbocycles. The number of amidine groups is 1. The number of nitrogen functional groups attached to an aromatic ring is 1. The molecule has 0 aliphatic carbocycles. The largest absolute Gasteiger partial charge is 0.398 e. The normalized spacial score (nSPS) is 12.9. The molecule has 7 heteroatoms. The zero-order valence-corrected chi connectivity index (χ0v) is 17.1. The molecular formula is C22H19BrN6. The molecule has 3 aromatic carbocycles. The monoisotopic (exact) mass is 446 g/mol. The summed E-state index contributed by atoms with van der Waals surface area (Å²) in [6.07, 6.45) is 0.654. The number of benzene rings is 3. The first kappa shape index (κ1) is 18.9. The van der Waals surface area contributed by atoms with E-state index in [-0.39, 0.29) is 0 Å². The quantitative estimate of drug-likeness (QED) is 0.387. The second-order valence-electron chi connectivity index (χ2n) is 6.51. The molecule has 5 N–H and O–H groups in total. The van der Waals surface area contributed by atoms with Crippen LogP contribution in [0.2, 0.25) is 0 Å². The number of aromatic amines is 1. The summed E-state index contributed by atoms with van der Waals surface area (Å²) >= 11 is 3.37. The minimum atomic E-state index is 0.581. The number of nitrogens with zero attached hydrogens (tertiary/aromatic N) is 3. The number of imidazole rings is 1. The first-order valence-electron chi connectivity index (χ1n) is 9.04. The van der Waals surface area contributed by atoms with Crippen molar-refractivity contribution >= 4 is 44.2 Å². The molecule has 1 aromatic heterocycles. The summed E-state index contributed by atoms with van der Waals surface area (Å²) in [6, 6.07) is 23.6. The van der Waals surface area contributed by atoms with Gasteiger partial charge in [-0.05, 0) is 42.0 Å². The third-order valence-corrected chi connectivity index (χ3v) is 4.96. The number of aromatic nitrogens is 2. The first-order chi connectivity index (χ1) is 14.1. The van der Waals surface area contributed by atoms with E-state index in [0.717, 1.165) is 43.9 Å². The molecule has 0 unspecified atom stereocenters. The minimum absolute atomic E-state index is 0.581. The van der Waals surface area contributed by atoms with Crippen molar-refractivity contribution in [3.63, 3.8) is 0 Å². The van der Waals surface area contributed by atoms with Gasteiger partial charge in [-0.25, -0.2) is 4.98 Å². The zero-order chi connectivity index (χ0) is 20.2. The fourth-order valence-electron chi connectivity index (χ4n) is 2.96. The van der Waals surface area contributed by atoms with Crippen molar-refractivity contribution < 1.29 is 0 Å². The fraction of sp³-hybridized carbons (Fsp3) is 0.0455. The second kappa shape index (κ2) is 8.28. The molecule has 0 atom stereocenters. The molecule has 144 valence electrons. The Kier molecular flexibility index (Phi) is 5.39. The highest BCUT2D eigenvalue weighted by molar-refractivity contribution is 9.10. The molecule has 5 rings (SSSR count). The van der Waals surface area contributed by atoms with Crippen LogP contribution in [-0.4, -0.2) is 21.5 Å². The van der Waals surface area contributed by atoms with Gasteiger partial charge in [0.25, 0.3) is 0 Å². The summed E-state index contributed by atoms with van der Waals surface area (Å²) < 4.78 is 1.06. The van der Waals surface area contributed by atoms with Crippen molar-refractivity contribution in [1.29, 1.82) is 0 Å². The van der Waals surface area contributed by atoms with Crippen LogP contribution < -0.4 is 11.5 Å². The van der Waals surface area contributed by atoms with Crippen molar-refractivity contribution in [3.8, 4) is 11.4 Å². The van der Waals surface area contributed by atoms with Crippen LogP contribution in [0.1, 0.15) is 12.0 Å². The van der Waals surface area contributed by atoms with Gasteiger partial charge in [-0.15, -0.1) is 5.10 Å². The molecule has 0 fully saturated rings. The summed E-state index contributed by atoms with van der Waals surface area (Å²) in [5.41, 5.74) is 17.1. The molecule has 0 spiro atoms. The predicted octanol–water partition coefficient (Wildman–Crippen LogP) is 4.73. The van der Waals surface area contributed by atoms with Gasteiger partial charge < -0.3 is 16.5 Å². The van der Waals surface area contributed by atoms with Crippen molar-refractivity contribution in [1.82, 2.24) is 9.97 Å². The van der Waals surface area contributed by atoms with Gasteiger partial charge in [0.2, 0.25) is 0 Å². The summed E-state index contributed by atoms with van der Waals surface area (Å²) in [5, 5.41) is 7.77. The highest BCUT2D eigenvalue weighted by Crippen LogP contribution is 2.24. The van der Waals surface area contributed by atoms with Gasteiger partial charge in [0.1, 0.15) is 11.7 Å². The Hall–Kier alpha value is -3.45. The summed E-state index contributed by atoms with van der Waals surface area (Å²) in [5.74, 6) is 1.40. The van der Waals surface area contributed by atoms with Crippen molar-refractivity contribution in [2.45, 2.75) is 6.42 Å². The lowest BCUT2D eigenvalue weighted by Crippen LogP contribution is -2.12. The summed E-state index contributed by atoms with van der Waals surface area (Å²) in [4.78, 5) is 7.77. The number of fused-ring (bicyclic) bond motifs is 1. The number of nitrogens with one attached hydrogen (secondary N) is 1. The number of anilines is 1. The van der Waals surface area contributed by atoms with Crippen molar-refractivity contribution in [2.75, 3.05) is 5.73 Å². The number of hydrogen-bond acceptors (Lipinski definition) is 5. The number of halogens is 1. The van der Waals surface area contributed by atoms with Crippen LogP contribution in [0.3, 0.4) is 0 Å². The lowest BCUT2D eigenvalue weighted by atomic mass is 10.1. The lowest BCUT2D eigenvalue weighted by molar-refractivity contribution is 1.26. The van der Waals surface area contributed by atoms with Gasteiger partial charge in [-0.2, -0.15) is 5.10 Å². The SMILES string of the molecule is NC1=NN=C(c2ccc(Br)cc2)C1.Nc1ccccc1-c1nc2ccccc2[nH]1. The zero-order valence-electron chi connectivity index (χ0n) is 15.5. The Morgan fingerprint density at radius 1 is 0.828 bits per heavy atom. The smallest absolute Gasteiger partial charge is 0.140 e. The Labute approximate surface area is 176 Å². The van der Waals surface area contributed by atoms with Crippen molar-refractivity contribution in [2.24, 2.45) is 15.9 Å². The van der Waals surface area contributed by atoms with Crippen LogP contribution >= 0.6 is 15.9 Å². The number of H-pyrrole nitrogens is 1. The average molecular weight is 447 g/mol. The molecule has 0 radical (unpaired) electrons. The molecule has 4 aromatic rings. The van der Waals surface area contributed by atoms with E-state index in [1.54, 1.807) is 0 Å². The van der Waals surface area contributed by atoms with E-state index >= 15 is 0 Å². The van der Waals surface area contributed by atoms with Gasteiger partial charge in [-0.3, -0.25) is 0 Å². The number of rotatable bonds is 2. The highest BCUT2D eigenvalue weighted by Gasteiger charge is 2.11. The molecule has 0 amide bonds. The maximum absolute atomic E-state index is 5.91. The highest BCUT2D eigenvalue weighted by atomic mass is 79.9. The third kappa shape index (κ3) is 4.35. The van der Waals surface area contributed by atoms with Crippen LogP contribution in [-0.2, 0) is 0 Å². The molecule has 1 aliphatic rings. The Morgan fingerprint density at radius 2 is 1.55 bits per heavy atom. The number of hydrogen-bond donors (Lipinski definition) is 3. The number of nitrogens with two attached hydrogens (primary N) is 2. The lowest BCUT2D eigenvalue weighted by Gasteiger charge is -2.00. The summed E-state index contributed by atoms with van der Waals surface area (Å²) in [6.45, 7) is 0. The molecule has 2 heterocycles. The predicted molar refractivity (Wildman–Crippen MR) is 123 cm³/mol. The molecular weight excluding hydrogens is 428 g/mol. The van der Waals surface area contributed by atoms with Crippen LogP contribution in [0.5, 0.6) is 0 Å². The van der Waals surface area contributed by atoms with E-state index < -0.39 is 0 Å². The van der Waals surface area contributed by atoms with E-state index in [0.29, 0.717) is 12.3 Å². The van der Waals surface area contributed by atoms with Crippen LogP contribution in [0.4, 0.5) is 5.69 Å². The van der Waals surface area contributed by atoms with Gasteiger partial charge in [0.05, 0.1) is 23.2 Å². The minimum Gasteiger partial charge on any atom is -0.398 e. The van der Waals surface area contributed by atoms with Gasteiger partial charge in [0.15, 0.2) is 0 Å². The van der Waals surface area contributed by atoms with E-state index in [2.05, 4.69) is 36.1 Å². The fourth-order valence-corrected chi connectivity index (χ4v) is 3.23. The Bertz CT molecular complexity index is 1170. The molecule has 1 aliphatic heterocycles. The maximum Gasteiger partial charge on any atom is 0.140 e. The Balaban J connectivity index is 0.000000145. The molecule has 0 bridgehead atoms. The second-order valence-corrected chi connectivity index (χ2v) is 7.43. The van der Waals surface area contributed by atoms with Crippen LogP contribution in [0, 0.1) is 0 Å². The Morgan fingerprint density at radius 3 is 2.24 bits per heavy atom. The standard InChI is InChI=1S/C13H11N3.C9H8BrN3/c14-10-6-2-1-5-9(10)13-15-11-7-3-4-8-12(11)16-13;10-7-3-1-6(2-4-7)8-5-9(11)13-12-8/h1-8H,14H2,(H,15,16);1-4H,5H2,(H2,11,13). The van der Waals surface area contributed by atoms with Gasteiger partial charge in [0, 0.05) is 15.7 Å². The third-order valence-electron chi connectivity index (χ3n) is 4.43. The van der Waals surface area contributed by atoms with Gasteiger partial charge in [-0.1, -0.05) is 52.3 Å². The van der Waals surface area contributed by atoms with Gasteiger partial charge >= 0.3 is 0 Å². The van der Waals surface area contributed by atoms with E-state index in [1.807, 2.05) is 72.8 Å². The van der Waals surface area contributed by atoms with Crippen LogP contribution in [0.25, 0.3) is 22.4 Å². The van der Waals surface area contributed by atoms with E-state index in [9.17, 15) is 0 Å². The van der Waals surface area contributed by atoms with Crippen LogP contribution in [0.15, 0.2) is 87.5 Å². The maximum atomic E-state index is 5.91. The average Bonchev–Trinajstić information content (AvgIpc) is 3.35. The van der Waals surface area contributed by atoms with E-state index in [1.165, 1.54) is 0 Å². The topological polar surface area (TPSA) is 105 Å². The molecule has 0 saturated heterocycles. The summed E-state index contributed by atoms with van der Waals surface area (Å²) in [7, 11) is 0. The first-order valence-corrected chi connectivity index (χ1v) is 9.84. The van der Waals surface area contributed by atoms with E-state index in [4.69, 9.17) is 11.5 Å². The number of para-hydroxylation sites is 3.